The summed E-state index contributed by atoms with van der Waals surface area (Å²) in [7, 11) is -4.18. The fourth-order valence-corrected chi connectivity index (χ4v) is 5.50. The maximum atomic E-state index is 13.5. The van der Waals surface area contributed by atoms with E-state index in [0.717, 1.165) is 0 Å². The van der Waals surface area contributed by atoms with E-state index in [1.807, 2.05) is 20.8 Å². The van der Waals surface area contributed by atoms with Crippen LogP contribution in [0.1, 0.15) is 50.0 Å². The minimum Gasteiger partial charge on any atom is -0.350 e. The van der Waals surface area contributed by atoms with Gasteiger partial charge in [0.05, 0.1) is 5.56 Å². The molecule has 3 amide bonds. The van der Waals surface area contributed by atoms with Crippen molar-refractivity contribution in [3.05, 3.63) is 64.7 Å². The van der Waals surface area contributed by atoms with Gasteiger partial charge in [0.2, 0.25) is 11.8 Å². The molecule has 1 atom stereocenters. The van der Waals surface area contributed by atoms with Crippen LogP contribution in [-0.2, 0) is 26.2 Å². The highest BCUT2D eigenvalue weighted by Crippen LogP contribution is 2.30. The second-order valence-electron chi connectivity index (χ2n) is 9.09. The van der Waals surface area contributed by atoms with Crippen LogP contribution in [0.15, 0.2) is 53.4 Å². The predicted molar refractivity (Wildman–Crippen MR) is 129 cm³/mol. The Labute approximate surface area is 204 Å². The summed E-state index contributed by atoms with van der Waals surface area (Å²) in [5, 5.41) is 3.28. The Morgan fingerprint density at radius 3 is 2.29 bits per heavy atom. The van der Waals surface area contributed by atoms with Gasteiger partial charge in [0.1, 0.15) is 17.5 Å². The molecule has 0 spiro atoms. The molecule has 0 aromatic heterocycles. The van der Waals surface area contributed by atoms with Gasteiger partial charge >= 0.3 is 0 Å². The molecule has 1 aliphatic rings. The van der Waals surface area contributed by atoms with E-state index in [4.69, 9.17) is 11.6 Å². The highest BCUT2D eigenvalue weighted by atomic mass is 35.5. The van der Waals surface area contributed by atoms with Gasteiger partial charge in [-0.05, 0) is 51.0 Å². The van der Waals surface area contributed by atoms with Crippen molar-refractivity contribution in [2.45, 2.75) is 57.1 Å². The van der Waals surface area contributed by atoms with Gasteiger partial charge in [-0.15, -0.1) is 0 Å². The summed E-state index contributed by atoms with van der Waals surface area (Å²) in [5.74, 6) is -1.83. The molecule has 34 heavy (non-hydrogen) atoms. The number of halogens is 1. The van der Waals surface area contributed by atoms with Gasteiger partial charge in [0.25, 0.3) is 15.9 Å². The number of fused-ring (bicyclic) bond motifs is 1. The molecule has 0 aliphatic carbocycles. The summed E-state index contributed by atoms with van der Waals surface area (Å²) in [6.07, 6.45) is 0.277. The van der Waals surface area contributed by atoms with E-state index in [9.17, 15) is 22.8 Å². The lowest BCUT2D eigenvalue weighted by atomic mass is 10.1. The first-order chi connectivity index (χ1) is 15.9. The molecular weight excluding hydrogens is 478 g/mol. The second-order valence-corrected chi connectivity index (χ2v) is 11.3. The average Bonchev–Trinajstić information content (AvgIpc) is 2.94. The highest BCUT2D eigenvalue weighted by molar-refractivity contribution is 7.90. The van der Waals surface area contributed by atoms with E-state index in [1.165, 1.54) is 23.1 Å². The zero-order chi connectivity index (χ0) is 25.3. The Morgan fingerprint density at radius 2 is 1.71 bits per heavy atom. The standard InChI is InChI=1S/C24H28ClN3O5S/c1-5-19(22(30)26-24(2,3)4)27(14-16-10-6-8-12-18(16)25)21(29)15-28-23(31)17-11-7-9-13-20(17)34(28,32)33/h6-13,19H,5,14-15H2,1-4H3,(H,26,30)/t19-/m1/s1. The Hall–Kier alpha value is -2.91. The van der Waals surface area contributed by atoms with Crippen LogP contribution in [0.5, 0.6) is 0 Å². The molecule has 182 valence electrons. The third-order valence-electron chi connectivity index (χ3n) is 5.37. The van der Waals surface area contributed by atoms with E-state index >= 15 is 0 Å². The van der Waals surface area contributed by atoms with Gasteiger partial charge in [0, 0.05) is 17.1 Å². The normalized spacial score (nSPS) is 15.6. The highest BCUT2D eigenvalue weighted by Gasteiger charge is 2.43. The van der Waals surface area contributed by atoms with Crippen molar-refractivity contribution in [2.75, 3.05) is 6.54 Å². The Morgan fingerprint density at radius 1 is 1.09 bits per heavy atom. The SMILES string of the molecule is CC[C@H](C(=O)NC(C)(C)C)N(Cc1ccccc1Cl)C(=O)CN1C(=O)c2ccccc2S1(=O)=O. The number of nitrogens with one attached hydrogen (secondary N) is 1. The molecule has 2 aromatic rings. The largest absolute Gasteiger partial charge is 0.350 e. The quantitative estimate of drug-likeness (QED) is 0.622. The predicted octanol–water partition coefficient (Wildman–Crippen LogP) is 3.21. The lowest BCUT2D eigenvalue weighted by Crippen LogP contribution is -2.55. The molecule has 8 nitrogen and oxygen atoms in total. The zero-order valence-electron chi connectivity index (χ0n) is 19.5. The topological polar surface area (TPSA) is 104 Å². The molecule has 0 saturated heterocycles. The van der Waals surface area contributed by atoms with E-state index in [2.05, 4.69) is 5.32 Å². The van der Waals surface area contributed by atoms with Gasteiger partial charge in [-0.1, -0.05) is 48.9 Å². The number of hydrogen-bond donors (Lipinski definition) is 1. The van der Waals surface area contributed by atoms with Crippen molar-refractivity contribution in [2.24, 2.45) is 0 Å². The van der Waals surface area contributed by atoms with Gasteiger partial charge in [-0.3, -0.25) is 14.4 Å². The summed E-state index contributed by atoms with van der Waals surface area (Å²) in [5.41, 5.74) is 0.0726. The number of amides is 3. The Balaban J connectivity index is 1.96. The molecule has 1 N–H and O–H groups in total. The Bertz CT molecular complexity index is 1220. The molecule has 0 bridgehead atoms. The molecule has 0 saturated carbocycles. The lowest BCUT2D eigenvalue weighted by molar-refractivity contribution is -0.141. The fourth-order valence-electron chi connectivity index (χ4n) is 3.78. The summed E-state index contributed by atoms with van der Waals surface area (Å²) in [6, 6.07) is 11.8. The third-order valence-corrected chi connectivity index (χ3v) is 7.53. The van der Waals surface area contributed by atoms with Crippen LogP contribution in [0, 0.1) is 0 Å². The third kappa shape index (κ3) is 5.26. The van der Waals surface area contributed by atoms with Crippen molar-refractivity contribution >= 4 is 39.3 Å². The van der Waals surface area contributed by atoms with Gasteiger partial charge in [0.15, 0.2) is 0 Å². The second kappa shape index (κ2) is 9.76. The van der Waals surface area contributed by atoms with E-state index in [-0.39, 0.29) is 29.3 Å². The fraction of sp³-hybridized carbons (Fsp3) is 0.375. The lowest BCUT2D eigenvalue weighted by Gasteiger charge is -2.34. The number of hydrogen-bond acceptors (Lipinski definition) is 5. The number of carbonyl (C=O) groups excluding carboxylic acids is 3. The molecule has 0 fully saturated rings. The van der Waals surface area contributed by atoms with Crippen molar-refractivity contribution in [1.29, 1.82) is 0 Å². The van der Waals surface area contributed by atoms with Gasteiger partial charge in [-0.2, -0.15) is 0 Å². The van der Waals surface area contributed by atoms with Crippen LogP contribution in [-0.4, -0.2) is 53.5 Å². The molecule has 2 aromatic carbocycles. The number of sulfonamides is 1. The monoisotopic (exact) mass is 505 g/mol. The maximum Gasteiger partial charge on any atom is 0.269 e. The molecule has 0 radical (unpaired) electrons. The van der Waals surface area contributed by atoms with Crippen molar-refractivity contribution < 1.29 is 22.8 Å². The van der Waals surface area contributed by atoms with Crippen molar-refractivity contribution in [1.82, 2.24) is 14.5 Å². The summed E-state index contributed by atoms with van der Waals surface area (Å²) in [4.78, 5) is 40.6. The van der Waals surface area contributed by atoms with E-state index in [0.29, 0.717) is 14.9 Å². The van der Waals surface area contributed by atoms with E-state index < -0.39 is 40.0 Å². The van der Waals surface area contributed by atoms with Gasteiger partial charge < -0.3 is 10.2 Å². The first kappa shape index (κ1) is 25.7. The molecule has 10 heteroatoms. The van der Waals surface area contributed by atoms with Crippen molar-refractivity contribution in [3.8, 4) is 0 Å². The number of carbonyl (C=O) groups is 3. The van der Waals surface area contributed by atoms with Crippen LogP contribution in [0.2, 0.25) is 5.02 Å². The van der Waals surface area contributed by atoms with Crippen LogP contribution in [0.25, 0.3) is 0 Å². The van der Waals surface area contributed by atoms with Crippen LogP contribution in [0.4, 0.5) is 0 Å². The number of nitrogens with zero attached hydrogens (tertiary/aromatic N) is 2. The number of benzene rings is 2. The maximum absolute atomic E-state index is 13.5. The smallest absolute Gasteiger partial charge is 0.269 e. The molecule has 1 heterocycles. The summed E-state index contributed by atoms with van der Waals surface area (Å²) in [6.45, 7) is 6.48. The molecule has 1 aliphatic heterocycles. The van der Waals surface area contributed by atoms with Gasteiger partial charge in [-0.25, -0.2) is 12.7 Å². The zero-order valence-corrected chi connectivity index (χ0v) is 21.1. The molecule has 0 unspecified atom stereocenters. The molecule has 3 rings (SSSR count). The minimum atomic E-state index is -4.18. The minimum absolute atomic E-state index is 0.0190. The van der Waals surface area contributed by atoms with Crippen LogP contribution >= 0.6 is 11.6 Å². The average molecular weight is 506 g/mol. The first-order valence-electron chi connectivity index (χ1n) is 10.9. The Kier molecular flexibility index (Phi) is 7.38. The summed E-state index contributed by atoms with van der Waals surface area (Å²) < 4.78 is 26.5. The first-order valence-corrected chi connectivity index (χ1v) is 12.7. The van der Waals surface area contributed by atoms with Crippen LogP contribution in [0.3, 0.4) is 0 Å². The number of rotatable bonds is 7. The van der Waals surface area contributed by atoms with Crippen LogP contribution < -0.4 is 5.32 Å². The summed E-state index contributed by atoms with van der Waals surface area (Å²) >= 11 is 6.31. The van der Waals surface area contributed by atoms with E-state index in [1.54, 1.807) is 37.3 Å². The molecular formula is C24H28ClN3O5S. The van der Waals surface area contributed by atoms with Crippen molar-refractivity contribution in [3.63, 3.8) is 0 Å².